The molecule has 61 heavy (non-hydrogen) atoms. The minimum atomic E-state index is 0.379. The molecule has 0 spiro atoms. The molecule has 0 fully saturated rings. The maximum Gasteiger partial charge on any atom is 0.155 e. The second-order valence-corrected chi connectivity index (χ2v) is 15.5. The van der Waals surface area contributed by atoms with Crippen molar-refractivity contribution < 1.29 is 5.43 Å². The molecule has 4 heteroatoms. The molecule has 1 aromatic heterocycles. The molecule has 0 atom stereocenters. The third-order valence-corrected chi connectivity index (χ3v) is 11.9. The van der Waals surface area contributed by atoms with E-state index in [1.54, 1.807) is 0 Å². The molecule has 4 nitrogen and oxygen atoms in total. The van der Waals surface area contributed by atoms with Crippen LogP contribution in [0.2, 0.25) is 0 Å². The molecule has 0 amide bonds. The highest BCUT2D eigenvalue weighted by atomic mass is 15.3. The first-order chi connectivity index (χ1) is 30.2. The van der Waals surface area contributed by atoms with Gasteiger partial charge in [-0.1, -0.05) is 163 Å². The van der Waals surface area contributed by atoms with Gasteiger partial charge in [-0.25, -0.2) is 0 Å². The summed E-state index contributed by atoms with van der Waals surface area (Å²) in [5.41, 5.74) is 15.4. The zero-order valence-corrected chi connectivity index (χ0v) is 33.3. The van der Waals surface area contributed by atoms with Gasteiger partial charge in [-0.2, -0.15) is 5.43 Å². The summed E-state index contributed by atoms with van der Waals surface area (Å²) in [7, 11) is 0. The van der Waals surface area contributed by atoms with E-state index in [1.807, 2.05) is 36.0 Å². The minimum Gasteiger partial charge on any atom is -0.298 e. The number of allylic oxidation sites excluding steroid dienone is 4. The van der Waals surface area contributed by atoms with Crippen LogP contribution >= 0.6 is 0 Å². The van der Waals surface area contributed by atoms with Gasteiger partial charge in [-0.15, -0.1) is 0 Å². The summed E-state index contributed by atoms with van der Waals surface area (Å²) >= 11 is 0. The van der Waals surface area contributed by atoms with E-state index in [-0.39, 0.29) is 0 Å². The molecule has 0 saturated heterocycles. The lowest BCUT2D eigenvalue weighted by Crippen LogP contribution is -2.71. The lowest BCUT2D eigenvalue weighted by molar-refractivity contribution is -0.577. The largest absolute Gasteiger partial charge is 0.298 e. The molecular weight excluding hydrogens is 741 g/mol. The molecule has 10 aromatic rings. The quantitative estimate of drug-likeness (QED) is 0.0546. The van der Waals surface area contributed by atoms with Crippen molar-refractivity contribution in [2.75, 3.05) is 0 Å². The van der Waals surface area contributed by atoms with Gasteiger partial charge in [0.25, 0.3) is 0 Å². The topological polar surface area (TPSA) is 65.7 Å². The van der Waals surface area contributed by atoms with Gasteiger partial charge in [-0.3, -0.25) is 10.4 Å². The van der Waals surface area contributed by atoms with Crippen molar-refractivity contribution in [3.63, 3.8) is 0 Å². The molecule has 0 aliphatic heterocycles. The fraction of sp³-hybridized carbons (Fsp3) is 0. The Hall–Kier alpha value is -8.05. The third-order valence-electron chi connectivity index (χ3n) is 11.9. The highest BCUT2D eigenvalue weighted by molar-refractivity contribution is 6.51. The van der Waals surface area contributed by atoms with Crippen LogP contribution in [0, 0.1) is 5.41 Å². The van der Waals surface area contributed by atoms with Crippen molar-refractivity contribution in [2.24, 2.45) is 5.10 Å². The molecule has 0 unspecified atom stereocenters. The van der Waals surface area contributed by atoms with Crippen LogP contribution in [-0.4, -0.2) is 16.4 Å². The first-order valence-electron chi connectivity index (χ1n) is 20.6. The maximum absolute atomic E-state index is 9.08. The Balaban J connectivity index is 0.916. The molecule has 1 aliphatic rings. The van der Waals surface area contributed by atoms with Crippen LogP contribution in [0.4, 0.5) is 5.69 Å². The first kappa shape index (κ1) is 36.1. The summed E-state index contributed by atoms with van der Waals surface area (Å²) in [5.74, 6) is 0. The van der Waals surface area contributed by atoms with Gasteiger partial charge in [0.2, 0.25) is 0 Å². The zero-order valence-electron chi connectivity index (χ0n) is 33.3. The predicted molar refractivity (Wildman–Crippen MR) is 256 cm³/mol. The average molecular weight is 780 g/mol. The summed E-state index contributed by atoms with van der Waals surface area (Å²) in [4.78, 5) is 4.45. The highest BCUT2D eigenvalue weighted by Gasteiger charge is 2.20. The van der Waals surface area contributed by atoms with E-state index in [4.69, 9.17) is 10.5 Å². The summed E-state index contributed by atoms with van der Waals surface area (Å²) in [6, 6.07) is 66.9. The second-order valence-electron chi connectivity index (χ2n) is 15.5. The van der Waals surface area contributed by atoms with Gasteiger partial charge in [0.05, 0.1) is 5.71 Å². The number of nitrogens with one attached hydrogen (secondary N) is 1. The van der Waals surface area contributed by atoms with E-state index < -0.39 is 0 Å². The fourth-order valence-corrected chi connectivity index (χ4v) is 9.16. The van der Waals surface area contributed by atoms with Crippen LogP contribution in [0.1, 0.15) is 5.56 Å². The Morgan fingerprint density at radius 3 is 1.34 bits per heavy atom. The molecule has 3 N–H and O–H groups in total. The lowest BCUT2D eigenvalue weighted by atomic mass is 9.84. The molecule has 0 bridgehead atoms. The average Bonchev–Trinajstić information content (AvgIpc) is 3.33. The number of quaternary nitrogens is 1. The monoisotopic (exact) mass is 779 g/mol. The zero-order chi connectivity index (χ0) is 40.7. The Kier molecular flexibility index (Phi) is 9.03. The van der Waals surface area contributed by atoms with Crippen molar-refractivity contribution in [2.45, 2.75) is 0 Å². The fourth-order valence-electron chi connectivity index (χ4n) is 9.16. The summed E-state index contributed by atoms with van der Waals surface area (Å²) in [6.45, 7) is 0. The van der Waals surface area contributed by atoms with Gasteiger partial charge in [-0.05, 0) is 130 Å². The summed E-state index contributed by atoms with van der Waals surface area (Å²) < 4.78 is 0. The molecule has 1 heterocycles. The predicted octanol–water partition coefficient (Wildman–Crippen LogP) is 13.6. The molecule has 11 rings (SSSR count). The second kappa shape index (κ2) is 15.3. The number of aromatic nitrogens is 1. The third kappa shape index (κ3) is 6.43. The maximum atomic E-state index is 9.08. The van der Waals surface area contributed by atoms with Crippen molar-refractivity contribution in [3.05, 3.63) is 224 Å². The van der Waals surface area contributed by atoms with E-state index >= 15 is 0 Å². The number of hydrogen-bond donors (Lipinski definition) is 2. The van der Waals surface area contributed by atoms with Crippen molar-refractivity contribution >= 4 is 65.8 Å². The normalized spacial score (nSPS) is 13.4. The SMILES string of the molecule is N=C1C=C(c2ccc3c(-c4ccccc4)c4ccccc4c(-c4ccccc4)c3c2)C=CC1=N[NH2+]c1ccc(-c2c3ccccc3c(-c3cccnc3)c3ccccc23)cc1. The number of nitrogens with two attached hydrogens (primary N) is 1. The lowest BCUT2D eigenvalue weighted by Gasteiger charge is -2.19. The standard InChI is InChI=1S/C57H38N4/c58-52-35-41(40-27-31-50-51(34-40)56(38-16-5-2-6-17-38)47-22-10-7-19-44(47)54(50)37-14-3-1-4-15-37)28-32-53(52)61-60-43-29-25-39(26-30-43)55-45-20-8-11-23-48(45)57(42-18-13-33-59-36-42)49-24-12-9-21-46(49)55/h1-36,58,60H/p+1. The van der Waals surface area contributed by atoms with E-state index in [0.717, 1.165) is 28.0 Å². The van der Waals surface area contributed by atoms with E-state index in [9.17, 15) is 0 Å². The number of hydrogen-bond acceptors (Lipinski definition) is 3. The van der Waals surface area contributed by atoms with Crippen molar-refractivity contribution in [3.8, 4) is 44.5 Å². The van der Waals surface area contributed by atoms with Crippen molar-refractivity contribution in [1.29, 1.82) is 5.41 Å². The Bertz CT molecular complexity index is 3360. The number of fused-ring (bicyclic) bond motifs is 4. The van der Waals surface area contributed by atoms with Crippen LogP contribution in [0.5, 0.6) is 0 Å². The molecule has 1 aliphatic carbocycles. The van der Waals surface area contributed by atoms with Gasteiger partial charge in [0.15, 0.2) is 5.69 Å². The molecule has 9 aromatic carbocycles. The van der Waals surface area contributed by atoms with Crippen LogP contribution in [0.3, 0.4) is 0 Å². The molecule has 0 radical (unpaired) electrons. The smallest absolute Gasteiger partial charge is 0.155 e. The number of rotatable bonds is 7. The summed E-state index contributed by atoms with van der Waals surface area (Å²) in [5, 5.41) is 23.5. The van der Waals surface area contributed by atoms with E-state index in [2.05, 4.69) is 193 Å². The number of nitrogens with zero attached hydrogens (tertiary/aromatic N) is 2. The molecule has 286 valence electrons. The van der Waals surface area contributed by atoms with Gasteiger partial charge in [0.1, 0.15) is 5.71 Å². The van der Waals surface area contributed by atoms with E-state index in [0.29, 0.717) is 11.4 Å². The first-order valence-corrected chi connectivity index (χ1v) is 20.6. The van der Waals surface area contributed by atoms with Crippen LogP contribution < -0.4 is 5.43 Å². The van der Waals surface area contributed by atoms with Gasteiger partial charge in [0, 0.05) is 30.1 Å². The van der Waals surface area contributed by atoms with Gasteiger partial charge >= 0.3 is 0 Å². The minimum absolute atomic E-state index is 0.379. The molecule has 0 saturated carbocycles. The van der Waals surface area contributed by atoms with Crippen LogP contribution in [-0.2, 0) is 0 Å². The number of benzene rings is 9. The van der Waals surface area contributed by atoms with Crippen molar-refractivity contribution in [1.82, 2.24) is 4.98 Å². The Labute approximate surface area is 354 Å². The van der Waals surface area contributed by atoms with Crippen LogP contribution in [0.25, 0.3) is 93.2 Å². The van der Waals surface area contributed by atoms with Gasteiger partial charge < -0.3 is 0 Å². The highest BCUT2D eigenvalue weighted by Crippen LogP contribution is 2.45. The summed E-state index contributed by atoms with van der Waals surface area (Å²) in [6.07, 6.45) is 9.75. The van der Waals surface area contributed by atoms with E-state index in [1.165, 1.54) is 76.5 Å². The Morgan fingerprint density at radius 2 is 0.836 bits per heavy atom. The number of pyridine rings is 1. The Morgan fingerprint density at radius 1 is 0.393 bits per heavy atom. The molecular formula is C57H39N4+. The van der Waals surface area contributed by atoms with Crippen LogP contribution in [0.15, 0.2) is 224 Å².